The van der Waals surface area contributed by atoms with Gasteiger partial charge in [0.2, 0.25) is 0 Å². The van der Waals surface area contributed by atoms with Crippen molar-refractivity contribution in [3.8, 4) is 0 Å². The predicted octanol–water partition coefficient (Wildman–Crippen LogP) is 2.06. The highest BCUT2D eigenvalue weighted by molar-refractivity contribution is 5.80. The Labute approximate surface area is 148 Å². The van der Waals surface area contributed by atoms with Crippen LogP contribution in [0.2, 0.25) is 0 Å². The highest BCUT2D eigenvalue weighted by atomic mass is 16.5. The molecule has 5 heteroatoms. The summed E-state index contributed by atoms with van der Waals surface area (Å²) in [5.41, 5.74) is 2.21. The summed E-state index contributed by atoms with van der Waals surface area (Å²) in [6, 6.07) is 2.26. The number of hydrogen-bond donors (Lipinski definition) is 0. The number of fused-ring (bicyclic) bond motifs is 5. The van der Waals surface area contributed by atoms with Crippen LogP contribution in [-0.4, -0.2) is 30.6 Å². The SMILES string of the molecule is CC(=O)[C@@H]1CC[C@H]2[C@@H]3CCc4c[n+]([O-])ccc4[C@H]3N(C)C[C@@]12CC=O. The Kier molecular flexibility index (Phi) is 3.95. The van der Waals surface area contributed by atoms with Gasteiger partial charge in [-0.25, -0.2) is 0 Å². The zero-order valence-electron chi connectivity index (χ0n) is 15.0. The minimum atomic E-state index is -0.200. The third kappa shape index (κ3) is 2.35. The van der Waals surface area contributed by atoms with Crippen molar-refractivity contribution in [2.75, 3.05) is 13.6 Å². The van der Waals surface area contributed by atoms with Crippen molar-refractivity contribution >= 4 is 12.1 Å². The van der Waals surface area contributed by atoms with E-state index in [-0.39, 0.29) is 17.1 Å². The van der Waals surface area contributed by atoms with Gasteiger partial charge < -0.3 is 10.0 Å². The van der Waals surface area contributed by atoms with E-state index in [0.29, 0.717) is 24.3 Å². The lowest BCUT2D eigenvalue weighted by Gasteiger charge is -2.55. The largest absolute Gasteiger partial charge is 0.619 e. The smallest absolute Gasteiger partial charge is 0.183 e. The molecule has 2 aliphatic carbocycles. The van der Waals surface area contributed by atoms with Crippen LogP contribution in [0.1, 0.15) is 49.8 Å². The molecular weight excluding hydrogens is 316 g/mol. The number of likely N-dealkylation sites (tertiary alicyclic amines) is 1. The van der Waals surface area contributed by atoms with Gasteiger partial charge >= 0.3 is 0 Å². The average Bonchev–Trinajstić information content (AvgIpc) is 2.93. The number of carbonyl (C=O) groups excluding carboxylic acids is 2. The van der Waals surface area contributed by atoms with Crippen molar-refractivity contribution in [3.05, 3.63) is 34.8 Å². The number of rotatable bonds is 3. The van der Waals surface area contributed by atoms with E-state index >= 15 is 0 Å². The molecule has 25 heavy (non-hydrogen) atoms. The Morgan fingerprint density at radius 2 is 2.24 bits per heavy atom. The molecule has 4 rings (SSSR count). The Bertz CT molecular complexity index is 719. The van der Waals surface area contributed by atoms with Crippen LogP contribution in [0.15, 0.2) is 18.5 Å². The van der Waals surface area contributed by atoms with Crippen molar-refractivity contribution in [3.63, 3.8) is 0 Å². The summed E-state index contributed by atoms with van der Waals surface area (Å²) in [6.07, 6.45) is 8.70. The first-order valence-corrected chi connectivity index (χ1v) is 9.34. The highest BCUT2D eigenvalue weighted by Crippen LogP contribution is 2.61. The molecule has 0 amide bonds. The van der Waals surface area contributed by atoms with Gasteiger partial charge in [-0.3, -0.25) is 9.69 Å². The number of aldehydes is 1. The summed E-state index contributed by atoms with van der Waals surface area (Å²) in [5.74, 6) is 1.12. The number of piperidine rings is 1. The van der Waals surface area contributed by atoms with Gasteiger partial charge in [-0.2, -0.15) is 4.73 Å². The Balaban J connectivity index is 1.76. The van der Waals surface area contributed by atoms with E-state index in [4.69, 9.17) is 0 Å². The van der Waals surface area contributed by atoms with Gasteiger partial charge in [0.1, 0.15) is 12.1 Å². The lowest BCUT2D eigenvalue weighted by atomic mass is 9.57. The maximum Gasteiger partial charge on any atom is 0.183 e. The number of carbonyl (C=O) groups is 2. The molecule has 1 saturated carbocycles. The molecule has 0 bridgehead atoms. The average molecular weight is 342 g/mol. The lowest BCUT2D eigenvalue weighted by molar-refractivity contribution is -0.606. The first-order valence-electron chi connectivity index (χ1n) is 9.34. The fraction of sp³-hybridized carbons (Fsp3) is 0.650. The van der Waals surface area contributed by atoms with Crippen LogP contribution >= 0.6 is 0 Å². The van der Waals surface area contributed by atoms with Crippen molar-refractivity contribution in [2.45, 2.75) is 45.1 Å². The van der Waals surface area contributed by atoms with Gasteiger partial charge in [-0.05, 0) is 57.1 Å². The standard InChI is InChI=1S/C20H26N2O3/c1-13(24)17-5-6-18-16-4-3-14-11-22(25)9-7-15(14)19(16)21(2)12-20(17,18)8-10-23/h7,9-11,16-19H,3-6,8,12H2,1-2H3/t16-,17-,18-,19+,20-/m0/s1. The number of ketones is 1. The monoisotopic (exact) mass is 342 g/mol. The van der Waals surface area contributed by atoms with Crippen LogP contribution in [-0.2, 0) is 16.0 Å². The maximum absolute atomic E-state index is 12.3. The van der Waals surface area contributed by atoms with E-state index in [9.17, 15) is 14.8 Å². The second kappa shape index (κ2) is 5.90. The van der Waals surface area contributed by atoms with Crippen molar-refractivity contribution in [2.24, 2.45) is 23.2 Å². The molecule has 134 valence electrons. The summed E-state index contributed by atoms with van der Waals surface area (Å²) in [7, 11) is 2.11. The van der Waals surface area contributed by atoms with Gasteiger partial charge in [-0.1, -0.05) is 0 Å². The van der Waals surface area contributed by atoms with Crippen molar-refractivity contribution in [1.29, 1.82) is 0 Å². The van der Waals surface area contributed by atoms with Crippen molar-refractivity contribution < 1.29 is 14.3 Å². The van der Waals surface area contributed by atoms with Gasteiger partial charge in [0, 0.05) is 42.0 Å². The molecule has 0 N–H and O–H groups in total. The quantitative estimate of drug-likeness (QED) is 0.479. The number of aromatic nitrogens is 1. The first-order chi connectivity index (χ1) is 12.0. The van der Waals surface area contributed by atoms with Crippen LogP contribution in [0, 0.1) is 28.4 Å². The molecule has 5 atom stereocenters. The Morgan fingerprint density at radius 1 is 1.44 bits per heavy atom. The summed E-state index contributed by atoms with van der Waals surface area (Å²) in [6.45, 7) is 2.47. The second-order valence-corrected chi connectivity index (χ2v) is 8.30. The molecule has 2 fully saturated rings. The number of nitrogens with zero attached hydrogens (tertiary/aromatic N) is 2. The molecule has 3 aliphatic rings. The summed E-state index contributed by atoms with van der Waals surface area (Å²) >= 11 is 0. The normalized spacial score (nSPS) is 37.0. The van der Waals surface area contributed by atoms with Gasteiger partial charge in [0.25, 0.3) is 0 Å². The van der Waals surface area contributed by atoms with Crippen molar-refractivity contribution in [1.82, 2.24) is 4.90 Å². The molecular formula is C20H26N2O3. The molecule has 1 saturated heterocycles. The Hall–Kier alpha value is -1.75. The number of pyridine rings is 1. The van der Waals surface area contributed by atoms with Gasteiger partial charge in [-0.15, -0.1) is 0 Å². The molecule has 0 aromatic carbocycles. The highest BCUT2D eigenvalue weighted by Gasteiger charge is 2.59. The molecule has 2 heterocycles. The van der Waals surface area contributed by atoms with Crippen LogP contribution in [0.4, 0.5) is 0 Å². The maximum atomic E-state index is 12.3. The number of Topliss-reactive ketones (excluding diaryl/α,β-unsaturated/α-hetero) is 1. The number of hydrogen-bond acceptors (Lipinski definition) is 4. The first kappa shape index (κ1) is 16.7. The van der Waals surface area contributed by atoms with E-state index in [1.54, 1.807) is 19.3 Å². The van der Waals surface area contributed by atoms with Gasteiger partial charge in [0.15, 0.2) is 12.4 Å². The zero-order valence-corrected chi connectivity index (χ0v) is 15.0. The second-order valence-electron chi connectivity index (χ2n) is 8.30. The van der Waals surface area contributed by atoms with Gasteiger partial charge in [0.05, 0.1) is 0 Å². The molecule has 0 spiro atoms. The topological polar surface area (TPSA) is 64.3 Å². The van der Waals surface area contributed by atoms with Crippen LogP contribution in [0.3, 0.4) is 0 Å². The molecule has 5 nitrogen and oxygen atoms in total. The third-order valence-electron chi connectivity index (χ3n) is 7.21. The van der Waals surface area contributed by atoms with E-state index in [1.807, 2.05) is 6.07 Å². The molecule has 1 aromatic heterocycles. The third-order valence-corrected chi connectivity index (χ3v) is 7.21. The summed E-state index contributed by atoms with van der Waals surface area (Å²) in [4.78, 5) is 26.2. The molecule has 1 aliphatic heterocycles. The van der Waals surface area contributed by atoms with E-state index in [1.165, 1.54) is 5.56 Å². The van der Waals surface area contributed by atoms with Crippen LogP contribution < -0.4 is 4.73 Å². The zero-order chi connectivity index (χ0) is 17.8. The minimum absolute atomic E-state index is 0.00655. The molecule has 0 unspecified atom stereocenters. The fourth-order valence-electron chi connectivity index (χ4n) is 6.46. The van der Waals surface area contributed by atoms with E-state index in [2.05, 4.69) is 11.9 Å². The van der Waals surface area contributed by atoms with Crippen LogP contribution in [0.25, 0.3) is 0 Å². The minimum Gasteiger partial charge on any atom is -0.619 e. The number of aryl methyl sites for hydroxylation is 1. The fourth-order valence-corrected chi connectivity index (χ4v) is 6.46. The van der Waals surface area contributed by atoms with Crippen LogP contribution in [0.5, 0.6) is 0 Å². The lowest BCUT2D eigenvalue weighted by Crippen LogP contribution is -2.56. The summed E-state index contributed by atoms with van der Waals surface area (Å²) in [5, 5.41) is 11.6. The van der Waals surface area contributed by atoms with E-state index in [0.717, 1.165) is 48.8 Å². The summed E-state index contributed by atoms with van der Waals surface area (Å²) < 4.78 is 0.889. The molecule has 1 aromatic rings. The molecule has 0 radical (unpaired) electrons. The predicted molar refractivity (Wildman–Crippen MR) is 92.6 cm³/mol. The Morgan fingerprint density at radius 3 is 2.96 bits per heavy atom. The van der Waals surface area contributed by atoms with E-state index < -0.39 is 0 Å².